The molecule has 0 unspecified atom stereocenters. The third-order valence-corrected chi connectivity index (χ3v) is 4.78. The first-order valence-electron chi connectivity index (χ1n) is 6.71. The quantitative estimate of drug-likeness (QED) is 0.682. The van der Waals surface area contributed by atoms with E-state index in [0.717, 1.165) is 22.2 Å². The summed E-state index contributed by atoms with van der Waals surface area (Å²) in [6.45, 7) is 2.08. The van der Waals surface area contributed by atoms with Gasteiger partial charge < -0.3 is 9.97 Å². The Labute approximate surface area is 127 Å². The molecular formula is C15H15N3O3S. The molecular weight excluding hydrogens is 302 g/mol. The van der Waals surface area contributed by atoms with Crippen molar-refractivity contribution in [3.8, 4) is 0 Å². The van der Waals surface area contributed by atoms with E-state index in [4.69, 9.17) is 0 Å². The molecule has 0 spiro atoms. The van der Waals surface area contributed by atoms with Crippen LogP contribution in [0.1, 0.15) is 11.3 Å². The first-order chi connectivity index (χ1) is 10.5. The van der Waals surface area contributed by atoms with E-state index in [9.17, 15) is 13.2 Å². The molecule has 7 heteroatoms. The predicted molar refractivity (Wildman–Crippen MR) is 84.1 cm³/mol. The van der Waals surface area contributed by atoms with Crippen LogP contribution in [0.3, 0.4) is 0 Å². The molecule has 6 nitrogen and oxygen atoms in total. The summed E-state index contributed by atoms with van der Waals surface area (Å²) in [5.74, 6) is 0. The summed E-state index contributed by atoms with van der Waals surface area (Å²) in [5.41, 5.74) is 2.17. The van der Waals surface area contributed by atoms with Crippen LogP contribution in [0.25, 0.3) is 10.9 Å². The van der Waals surface area contributed by atoms with Gasteiger partial charge in [0.25, 0.3) is 5.56 Å². The largest absolute Gasteiger partial charge is 0.359 e. The maximum Gasteiger partial charge on any atom is 0.268 e. The molecule has 0 saturated heterocycles. The third kappa shape index (κ3) is 2.81. The summed E-state index contributed by atoms with van der Waals surface area (Å²) in [4.78, 5) is 16.8. The van der Waals surface area contributed by atoms with Crippen LogP contribution >= 0.6 is 0 Å². The highest BCUT2D eigenvalue weighted by molar-refractivity contribution is 7.89. The number of sulfonamides is 1. The average Bonchev–Trinajstić information content (AvgIpc) is 2.85. The Hall–Kier alpha value is -2.38. The Balaban J connectivity index is 1.84. The van der Waals surface area contributed by atoms with Crippen LogP contribution in [0.15, 0.2) is 52.3 Å². The molecule has 0 bridgehead atoms. The lowest BCUT2D eigenvalue weighted by atomic mass is 10.2. The van der Waals surface area contributed by atoms with Gasteiger partial charge in [-0.2, -0.15) is 0 Å². The molecule has 0 aliphatic rings. The molecule has 2 heterocycles. The summed E-state index contributed by atoms with van der Waals surface area (Å²) in [7, 11) is -3.84. The minimum Gasteiger partial charge on any atom is -0.359 e. The summed E-state index contributed by atoms with van der Waals surface area (Å²) >= 11 is 0. The van der Waals surface area contributed by atoms with Crippen LogP contribution in [0.2, 0.25) is 0 Å². The lowest BCUT2D eigenvalue weighted by Gasteiger charge is -2.06. The van der Waals surface area contributed by atoms with Gasteiger partial charge in [0.15, 0.2) is 0 Å². The Morgan fingerprint density at radius 3 is 2.77 bits per heavy atom. The zero-order chi connectivity index (χ0) is 15.7. The van der Waals surface area contributed by atoms with Crippen molar-refractivity contribution in [2.75, 3.05) is 0 Å². The third-order valence-electron chi connectivity index (χ3n) is 3.36. The van der Waals surface area contributed by atoms with Gasteiger partial charge in [0, 0.05) is 24.0 Å². The number of hydrogen-bond acceptors (Lipinski definition) is 3. The van der Waals surface area contributed by atoms with Crippen LogP contribution in [0.5, 0.6) is 0 Å². The van der Waals surface area contributed by atoms with Gasteiger partial charge in [0.2, 0.25) is 10.0 Å². The number of aromatic amines is 2. The van der Waals surface area contributed by atoms with E-state index in [0.29, 0.717) is 0 Å². The van der Waals surface area contributed by atoms with Gasteiger partial charge in [-0.15, -0.1) is 0 Å². The number of nitrogens with one attached hydrogen (secondary N) is 3. The number of aromatic nitrogens is 2. The van der Waals surface area contributed by atoms with Crippen molar-refractivity contribution in [1.29, 1.82) is 0 Å². The fraction of sp³-hybridized carbons (Fsp3) is 0.133. The van der Waals surface area contributed by atoms with Gasteiger partial charge in [-0.1, -0.05) is 12.1 Å². The maximum absolute atomic E-state index is 12.2. The van der Waals surface area contributed by atoms with Crippen molar-refractivity contribution in [2.45, 2.75) is 18.4 Å². The molecule has 3 aromatic rings. The second-order valence-electron chi connectivity index (χ2n) is 5.06. The second kappa shape index (κ2) is 5.43. The van der Waals surface area contributed by atoms with E-state index in [2.05, 4.69) is 14.7 Å². The molecule has 2 aromatic heterocycles. The van der Waals surface area contributed by atoms with Crippen molar-refractivity contribution in [2.24, 2.45) is 0 Å². The lowest BCUT2D eigenvalue weighted by molar-refractivity contribution is 0.580. The van der Waals surface area contributed by atoms with Crippen LogP contribution in [0.4, 0.5) is 0 Å². The first-order valence-corrected chi connectivity index (χ1v) is 8.20. The minimum absolute atomic E-state index is 0.116. The summed E-state index contributed by atoms with van der Waals surface area (Å²) in [5, 5.41) is 1.07. The SMILES string of the molecule is Cc1cc2ccc(CNS(=O)(=O)c3ccc[nH]c3=O)cc2[nH]1. The molecule has 22 heavy (non-hydrogen) atoms. The smallest absolute Gasteiger partial charge is 0.268 e. The topological polar surface area (TPSA) is 94.8 Å². The predicted octanol–water partition coefficient (Wildman–Crippen LogP) is 1.64. The van der Waals surface area contributed by atoms with Gasteiger partial charge >= 0.3 is 0 Å². The van der Waals surface area contributed by atoms with Crippen molar-refractivity contribution in [3.05, 3.63) is 64.2 Å². The van der Waals surface area contributed by atoms with E-state index in [1.165, 1.54) is 18.3 Å². The average molecular weight is 317 g/mol. The normalized spacial score (nSPS) is 11.9. The standard InChI is InChI=1S/C15H15N3O3S/c1-10-7-12-5-4-11(8-13(12)18-10)9-17-22(20,21)14-3-2-6-16-15(14)19/h2-8,17-18H,9H2,1H3,(H,16,19). The first kappa shape index (κ1) is 14.6. The molecule has 3 N–H and O–H groups in total. The number of rotatable bonds is 4. The molecule has 0 radical (unpaired) electrons. The number of fused-ring (bicyclic) bond motifs is 1. The van der Waals surface area contributed by atoms with E-state index in [1.54, 1.807) is 0 Å². The Morgan fingerprint density at radius 2 is 2.00 bits per heavy atom. The minimum atomic E-state index is -3.84. The molecule has 0 fully saturated rings. The van der Waals surface area contributed by atoms with E-state index < -0.39 is 15.6 Å². The molecule has 114 valence electrons. The zero-order valence-electron chi connectivity index (χ0n) is 11.9. The van der Waals surface area contributed by atoms with Crippen LogP contribution in [0, 0.1) is 6.92 Å². The maximum atomic E-state index is 12.2. The van der Waals surface area contributed by atoms with E-state index in [-0.39, 0.29) is 11.4 Å². The van der Waals surface area contributed by atoms with Crippen molar-refractivity contribution in [3.63, 3.8) is 0 Å². The number of H-pyrrole nitrogens is 2. The molecule has 0 aliphatic heterocycles. The summed E-state index contributed by atoms with van der Waals surface area (Å²) in [6.07, 6.45) is 1.39. The van der Waals surface area contributed by atoms with Gasteiger partial charge in [-0.05, 0) is 42.1 Å². The highest BCUT2D eigenvalue weighted by atomic mass is 32.2. The summed E-state index contributed by atoms with van der Waals surface area (Å²) in [6, 6.07) is 10.4. The summed E-state index contributed by atoms with van der Waals surface area (Å²) < 4.78 is 26.8. The van der Waals surface area contributed by atoms with E-state index in [1.807, 2.05) is 31.2 Å². The van der Waals surface area contributed by atoms with Crippen molar-refractivity contribution >= 4 is 20.9 Å². The lowest BCUT2D eigenvalue weighted by Crippen LogP contribution is -2.28. The Bertz CT molecular complexity index is 986. The number of hydrogen-bond donors (Lipinski definition) is 3. The zero-order valence-corrected chi connectivity index (χ0v) is 12.7. The van der Waals surface area contributed by atoms with Crippen molar-refractivity contribution in [1.82, 2.24) is 14.7 Å². The fourth-order valence-corrected chi connectivity index (χ4v) is 3.38. The van der Waals surface area contributed by atoms with Gasteiger partial charge in [-0.3, -0.25) is 4.79 Å². The van der Waals surface area contributed by atoms with Crippen LogP contribution in [-0.2, 0) is 16.6 Å². The highest BCUT2D eigenvalue weighted by Crippen LogP contribution is 2.17. The van der Waals surface area contributed by atoms with Gasteiger partial charge in [0.1, 0.15) is 4.90 Å². The Morgan fingerprint density at radius 1 is 1.18 bits per heavy atom. The second-order valence-corrected chi connectivity index (χ2v) is 6.80. The van der Waals surface area contributed by atoms with Gasteiger partial charge in [0.05, 0.1) is 0 Å². The molecule has 0 saturated carbocycles. The highest BCUT2D eigenvalue weighted by Gasteiger charge is 2.17. The van der Waals surface area contributed by atoms with Crippen LogP contribution < -0.4 is 10.3 Å². The molecule has 0 aliphatic carbocycles. The number of benzene rings is 1. The number of pyridine rings is 1. The molecule has 0 atom stereocenters. The number of aryl methyl sites for hydroxylation is 1. The molecule has 0 amide bonds. The molecule has 1 aromatic carbocycles. The molecule has 3 rings (SSSR count). The van der Waals surface area contributed by atoms with Crippen LogP contribution in [-0.4, -0.2) is 18.4 Å². The van der Waals surface area contributed by atoms with Gasteiger partial charge in [-0.25, -0.2) is 13.1 Å². The van der Waals surface area contributed by atoms with Crippen molar-refractivity contribution < 1.29 is 8.42 Å². The monoisotopic (exact) mass is 317 g/mol. The fourth-order valence-electron chi connectivity index (χ4n) is 2.30. The Kier molecular flexibility index (Phi) is 3.59. The van der Waals surface area contributed by atoms with E-state index >= 15 is 0 Å².